The number of phenolic OH excluding ortho intramolecular Hbond substituents is 1. The van der Waals surface area contributed by atoms with Crippen LogP contribution in [0, 0.1) is 0 Å². The Morgan fingerprint density at radius 1 is 0.722 bits per heavy atom. The first-order valence-electron chi connectivity index (χ1n) is 5.86. The Hall–Kier alpha value is -2.48. The fraction of sp³-hybridized carbons (Fsp3) is 0. The van der Waals surface area contributed by atoms with Crippen LogP contribution in [-0.4, -0.2) is 10.1 Å². The molecule has 1 heterocycles. The molecule has 0 saturated heterocycles. The SMILES string of the molecule is Oc1cccc(-c2c[nH]c(-c3ccccc3)c2)c1. The summed E-state index contributed by atoms with van der Waals surface area (Å²) in [6.07, 6.45) is 1.96. The van der Waals surface area contributed by atoms with Crippen LogP contribution in [0.3, 0.4) is 0 Å². The summed E-state index contributed by atoms with van der Waals surface area (Å²) < 4.78 is 0. The number of H-pyrrole nitrogens is 1. The Bertz CT molecular complexity index is 656. The zero-order valence-corrected chi connectivity index (χ0v) is 9.80. The molecule has 0 spiro atoms. The molecule has 88 valence electrons. The number of benzene rings is 2. The molecule has 2 N–H and O–H groups in total. The van der Waals surface area contributed by atoms with E-state index in [1.54, 1.807) is 12.1 Å². The molecule has 0 bridgehead atoms. The van der Waals surface area contributed by atoms with E-state index in [4.69, 9.17) is 0 Å². The quantitative estimate of drug-likeness (QED) is 0.690. The summed E-state index contributed by atoms with van der Waals surface area (Å²) in [5, 5.41) is 9.49. The zero-order chi connectivity index (χ0) is 12.4. The average Bonchev–Trinajstić information content (AvgIpc) is 2.89. The van der Waals surface area contributed by atoms with Crippen LogP contribution in [0.15, 0.2) is 66.9 Å². The van der Waals surface area contributed by atoms with Crippen LogP contribution in [0.4, 0.5) is 0 Å². The highest BCUT2D eigenvalue weighted by Crippen LogP contribution is 2.27. The van der Waals surface area contributed by atoms with Crippen molar-refractivity contribution in [2.24, 2.45) is 0 Å². The molecular weight excluding hydrogens is 222 g/mol. The summed E-state index contributed by atoms with van der Waals surface area (Å²) in [6.45, 7) is 0. The number of aromatic nitrogens is 1. The number of aromatic hydroxyl groups is 1. The molecule has 2 heteroatoms. The van der Waals surface area contributed by atoms with Crippen LogP contribution >= 0.6 is 0 Å². The summed E-state index contributed by atoms with van der Waals surface area (Å²) in [4.78, 5) is 3.26. The highest BCUT2D eigenvalue weighted by molar-refractivity contribution is 5.72. The van der Waals surface area contributed by atoms with E-state index in [0.29, 0.717) is 0 Å². The first kappa shape index (κ1) is 10.7. The van der Waals surface area contributed by atoms with Crippen LogP contribution in [-0.2, 0) is 0 Å². The van der Waals surface area contributed by atoms with Gasteiger partial charge in [-0.3, -0.25) is 0 Å². The van der Waals surface area contributed by atoms with E-state index in [1.165, 1.54) is 0 Å². The van der Waals surface area contributed by atoms with Crippen molar-refractivity contribution in [1.29, 1.82) is 0 Å². The van der Waals surface area contributed by atoms with Gasteiger partial charge in [-0.15, -0.1) is 0 Å². The molecule has 0 saturated carbocycles. The Balaban J connectivity index is 2.00. The number of nitrogens with one attached hydrogen (secondary N) is 1. The van der Waals surface area contributed by atoms with Gasteiger partial charge in [-0.1, -0.05) is 42.5 Å². The van der Waals surface area contributed by atoms with E-state index in [1.807, 2.05) is 36.5 Å². The molecule has 3 rings (SSSR count). The van der Waals surface area contributed by atoms with Gasteiger partial charge in [0.25, 0.3) is 0 Å². The molecule has 0 unspecified atom stereocenters. The standard InChI is InChI=1S/C16H13NO/c18-15-8-4-7-13(9-15)14-10-16(17-11-14)12-5-2-1-3-6-12/h1-11,17-18H. The maximum absolute atomic E-state index is 9.49. The molecule has 0 radical (unpaired) electrons. The van der Waals surface area contributed by atoms with Gasteiger partial charge in [0, 0.05) is 11.9 Å². The van der Waals surface area contributed by atoms with Crippen molar-refractivity contribution in [1.82, 2.24) is 4.98 Å². The molecule has 0 aliphatic rings. The van der Waals surface area contributed by atoms with Gasteiger partial charge >= 0.3 is 0 Å². The van der Waals surface area contributed by atoms with Gasteiger partial charge in [-0.2, -0.15) is 0 Å². The van der Waals surface area contributed by atoms with Crippen LogP contribution in [0.1, 0.15) is 0 Å². The normalized spacial score (nSPS) is 10.4. The second-order valence-corrected chi connectivity index (χ2v) is 4.22. The first-order valence-corrected chi connectivity index (χ1v) is 5.86. The van der Waals surface area contributed by atoms with Gasteiger partial charge in [0.15, 0.2) is 0 Å². The fourth-order valence-electron chi connectivity index (χ4n) is 2.03. The van der Waals surface area contributed by atoms with E-state index in [0.717, 1.165) is 22.4 Å². The molecule has 18 heavy (non-hydrogen) atoms. The Labute approximate surface area is 106 Å². The average molecular weight is 235 g/mol. The van der Waals surface area contributed by atoms with Gasteiger partial charge in [-0.25, -0.2) is 0 Å². The second-order valence-electron chi connectivity index (χ2n) is 4.22. The lowest BCUT2D eigenvalue weighted by atomic mass is 10.1. The van der Waals surface area contributed by atoms with Crippen LogP contribution in [0.5, 0.6) is 5.75 Å². The highest BCUT2D eigenvalue weighted by atomic mass is 16.3. The number of hydrogen-bond acceptors (Lipinski definition) is 1. The summed E-state index contributed by atoms with van der Waals surface area (Å²) in [7, 11) is 0. The lowest BCUT2D eigenvalue weighted by molar-refractivity contribution is 0.475. The van der Waals surface area contributed by atoms with Crippen molar-refractivity contribution < 1.29 is 5.11 Å². The minimum Gasteiger partial charge on any atom is -0.508 e. The van der Waals surface area contributed by atoms with E-state index in [9.17, 15) is 5.11 Å². The van der Waals surface area contributed by atoms with Crippen molar-refractivity contribution in [2.75, 3.05) is 0 Å². The summed E-state index contributed by atoms with van der Waals surface area (Å²) in [5.74, 6) is 0.287. The minimum atomic E-state index is 0.287. The smallest absolute Gasteiger partial charge is 0.116 e. The number of phenols is 1. The predicted molar refractivity (Wildman–Crippen MR) is 73.3 cm³/mol. The highest BCUT2D eigenvalue weighted by Gasteiger charge is 2.04. The summed E-state index contributed by atoms with van der Waals surface area (Å²) in [6, 6.07) is 19.5. The van der Waals surface area contributed by atoms with E-state index in [2.05, 4.69) is 23.2 Å². The summed E-state index contributed by atoms with van der Waals surface area (Å²) in [5.41, 5.74) is 4.32. The molecule has 0 aliphatic carbocycles. The zero-order valence-electron chi connectivity index (χ0n) is 9.80. The third-order valence-electron chi connectivity index (χ3n) is 2.95. The van der Waals surface area contributed by atoms with Crippen molar-refractivity contribution >= 4 is 0 Å². The Morgan fingerprint density at radius 2 is 1.50 bits per heavy atom. The van der Waals surface area contributed by atoms with Gasteiger partial charge in [0.05, 0.1) is 0 Å². The molecule has 0 aliphatic heterocycles. The largest absolute Gasteiger partial charge is 0.508 e. The van der Waals surface area contributed by atoms with Crippen molar-refractivity contribution in [3.63, 3.8) is 0 Å². The fourth-order valence-corrected chi connectivity index (χ4v) is 2.03. The van der Waals surface area contributed by atoms with E-state index in [-0.39, 0.29) is 5.75 Å². The van der Waals surface area contributed by atoms with Crippen molar-refractivity contribution in [3.8, 4) is 28.1 Å². The third kappa shape index (κ3) is 2.00. The molecule has 0 fully saturated rings. The first-order chi connectivity index (χ1) is 8.83. The van der Waals surface area contributed by atoms with Gasteiger partial charge in [0.2, 0.25) is 0 Å². The topological polar surface area (TPSA) is 36.0 Å². The summed E-state index contributed by atoms with van der Waals surface area (Å²) >= 11 is 0. The Kier molecular flexibility index (Phi) is 2.61. The minimum absolute atomic E-state index is 0.287. The lowest BCUT2D eigenvalue weighted by Crippen LogP contribution is -1.74. The van der Waals surface area contributed by atoms with Crippen LogP contribution in [0.2, 0.25) is 0 Å². The van der Waals surface area contributed by atoms with E-state index < -0.39 is 0 Å². The molecular formula is C16H13NO. The maximum atomic E-state index is 9.49. The lowest BCUT2D eigenvalue weighted by Gasteiger charge is -1.98. The molecule has 1 aromatic heterocycles. The van der Waals surface area contributed by atoms with Crippen LogP contribution < -0.4 is 0 Å². The number of hydrogen-bond donors (Lipinski definition) is 2. The number of rotatable bonds is 2. The maximum Gasteiger partial charge on any atom is 0.116 e. The third-order valence-corrected chi connectivity index (χ3v) is 2.95. The van der Waals surface area contributed by atoms with Gasteiger partial charge < -0.3 is 10.1 Å². The van der Waals surface area contributed by atoms with Crippen molar-refractivity contribution in [3.05, 3.63) is 66.9 Å². The van der Waals surface area contributed by atoms with Gasteiger partial charge in [-0.05, 0) is 34.9 Å². The van der Waals surface area contributed by atoms with Crippen LogP contribution in [0.25, 0.3) is 22.4 Å². The molecule has 2 nitrogen and oxygen atoms in total. The molecule has 2 aromatic carbocycles. The molecule has 0 atom stereocenters. The molecule has 0 amide bonds. The van der Waals surface area contributed by atoms with Gasteiger partial charge in [0.1, 0.15) is 5.75 Å². The van der Waals surface area contributed by atoms with Crippen molar-refractivity contribution in [2.45, 2.75) is 0 Å². The Morgan fingerprint density at radius 3 is 2.28 bits per heavy atom. The number of aromatic amines is 1. The molecule has 3 aromatic rings. The predicted octanol–water partition coefficient (Wildman–Crippen LogP) is 4.05. The second kappa shape index (κ2) is 4.41. The van der Waals surface area contributed by atoms with E-state index >= 15 is 0 Å². The monoisotopic (exact) mass is 235 g/mol.